The highest BCUT2D eigenvalue weighted by atomic mass is 35.5. The minimum absolute atomic E-state index is 0. The molecule has 0 unspecified atom stereocenters. The van der Waals surface area contributed by atoms with Gasteiger partial charge in [-0.1, -0.05) is 20.8 Å². The molecule has 10 nitrogen and oxygen atoms in total. The molecule has 3 heterocycles. The predicted molar refractivity (Wildman–Crippen MR) is 114 cm³/mol. The van der Waals surface area contributed by atoms with Crippen LogP contribution < -0.4 is 16.6 Å². The topological polar surface area (TPSA) is 140 Å². The van der Waals surface area contributed by atoms with Gasteiger partial charge in [0.05, 0.1) is 0 Å². The van der Waals surface area contributed by atoms with Gasteiger partial charge in [-0.15, -0.1) is 12.4 Å². The van der Waals surface area contributed by atoms with E-state index in [4.69, 9.17) is 5.73 Å². The van der Waals surface area contributed by atoms with Gasteiger partial charge < -0.3 is 16.2 Å². The van der Waals surface area contributed by atoms with E-state index in [0.717, 1.165) is 17.4 Å². The standard InChI is InChI=1S/C19H23N7O3.ClH/c1-19(2,3)9-25-12-8-11(14-15(20)22-7-6-21-14)24-26(12)18(29)13(17(25)28)16(27)23-10-4-5-10;/h6-8,10,28H,4-5,9H2,1-3H3,(H2,20,22)(H,23,27);1H. The molecule has 0 atom stereocenters. The lowest BCUT2D eigenvalue weighted by molar-refractivity contribution is 0.0944. The van der Waals surface area contributed by atoms with Crippen LogP contribution >= 0.6 is 12.4 Å². The normalized spacial score (nSPS) is 13.8. The van der Waals surface area contributed by atoms with E-state index in [2.05, 4.69) is 20.4 Å². The van der Waals surface area contributed by atoms with Crippen molar-refractivity contribution in [1.82, 2.24) is 29.5 Å². The van der Waals surface area contributed by atoms with Crippen LogP contribution in [-0.2, 0) is 6.54 Å². The summed E-state index contributed by atoms with van der Waals surface area (Å²) in [4.78, 5) is 33.9. The number of halogens is 1. The molecule has 0 saturated heterocycles. The first-order chi connectivity index (χ1) is 13.7. The molecule has 1 aliphatic carbocycles. The molecule has 0 bridgehead atoms. The number of rotatable bonds is 4. The average Bonchev–Trinajstić information content (AvgIpc) is 3.33. The van der Waals surface area contributed by atoms with E-state index in [-0.39, 0.29) is 41.1 Å². The van der Waals surface area contributed by atoms with Crippen LogP contribution in [0.25, 0.3) is 17.0 Å². The van der Waals surface area contributed by atoms with E-state index in [1.165, 1.54) is 17.0 Å². The van der Waals surface area contributed by atoms with Crippen LogP contribution in [0.2, 0.25) is 0 Å². The molecule has 11 heteroatoms. The fraction of sp³-hybridized carbons (Fsp3) is 0.421. The maximum atomic E-state index is 13.0. The monoisotopic (exact) mass is 433 g/mol. The molecule has 160 valence electrons. The molecule has 3 aromatic rings. The SMILES string of the molecule is CC(C)(C)Cn1c(O)c(C(=O)NC2CC2)c(=O)n2nc(-c3nccnc3N)cc12.Cl. The zero-order valence-corrected chi connectivity index (χ0v) is 17.7. The lowest BCUT2D eigenvalue weighted by Crippen LogP contribution is -2.35. The minimum atomic E-state index is -0.700. The Labute approximate surface area is 178 Å². The van der Waals surface area contributed by atoms with Crippen LogP contribution in [-0.4, -0.2) is 41.2 Å². The first kappa shape index (κ1) is 21.6. The van der Waals surface area contributed by atoms with Gasteiger partial charge in [0.25, 0.3) is 11.5 Å². The molecule has 0 radical (unpaired) electrons. The Morgan fingerprint density at radius 3 is 2.57 bits per heavy atom. The van der Waals surface area contributed by atoms with Crippen LogP contribution in [0.15, 0.2) is 23.3 Å². The van der Waals surface area contributed by atoms with E-state index in [1.807, 2.05) is 20.8 Å². The highest BCUT2D eigenvalue weighted by Crippen LogP contribution is 2.28. The van der Waals surface area contributed by atoms with Gasteiger partial charge in [0.2, 0.25) is 5.88 Å². The smallest absolute Gasteiger partial charge is 0.291 e. The zero-order chi connectivity index (χ0) is 20.9. The van der Waals surface area contributed by atoms with Crippen molar-refractivity contribution in [1.29, 1.82) is 0 Å². The number of nitrogens with two attached hydrogens (primary N) is 1. The molecule has 1 aliphatic rings. The Bertz CT molecular complexity index is 1180. The second-order valence-electron chi connectivity index (χ2n) is 8.49. The molecule has 1 amide bonds. The quantitative estimate of drug-likeness (QED) is 0.567. The van der Waals surface area contributed by atoms with Crippen molar-refractivity contribution in [2.75, 3.05) is 5.73 Å². The number of hydrogen-bond donors (Lipinski definition) is 3. The lowest BCUT2D eigenvalue weighted by atomic mass is 9.96. The average molecular weight is 434 g/mol. The van der Waals surface area contributed by atoms with Crippen molar-refractivity contribution in [3.63, 3.8) is 0 Å². The highest BCUT2D eigenvalue weighted by molar-refractivity contribution is 5.96. The summed E-state index contributed by atoms with van der Waals surface area (Å²) in [6.07, 6.45) is 4.66. The maximum absolute atomic E-state index is 13.0. The molecule has 4 N–H and O–H groups in total. The Morgan fingerprint density at radius 1 is 1.30 bits per heavy atom. The van der Waals surface area contributed by atoms with E-state index in [0.29, 0.717) is 23.6 Å². The zero-order valence-electron chi connectivity index (χ0n) is 16.9. The van der Waals surface area contributed by atoms with Crippen molar-refractivity contribution in [3.05, 3.63) is 34.4 Å². The highest BCUT2D eigenvalue weighted by Gasteiger charge is 2.30. The summed E-state index contributed by atoms with van der Waals surface area (Å²) >= 11 is 0. The van der Waals surface area contributed by atoms with E-state index < -0.39 is 11.5 Å². The molecule has 3 aromatic heterocycles. The maximum Gasteiger partial charge on any atom is 0.291 e. The van der Waals surface area contributed by atoms with Gasteiger partial charge >= 0.3 is 0 Å². The minimum Gasteiger partial charge on any atom is -0.494 e. The van der Waals surface area contributed by atoms with Gasteiger partial charge in [-0.05, 0) is 18.3 Å². The number of aromatic nitrogens is 5. The van der Waals surface area contributed by atoms with Crippen LogP contribution in [0.3, 0.4) is 0 Å². The Morgan fingerprint density at radius 2 is 1.97 bits per heavy atom. The number of carbonyl (C=O) groups excluding carboxylic acids is 1. The third kappa shape index (κ3) is 3.95. The molecule has 1 fully saturated rings. The number of anilines is 1. The van der Waals surface area contributed by atoms with Crippen molar-refractivity contribution in [2.24, 2.45) is 5.41 Å². The Hall–Kier alpha value is -3.14. The molecular formula is C19H24ClN7O3. The van der Waals surface area contributed by atoms with Gasteiger partial charge in [0.15, 0.2) is 11.4 Å². The lowest BCUT2D eigenvalue weighted by Gasteiger charge is -2.23. The van der Waals surface area contributed by atoms with Crippen LogP contribution in [0.1, 0.15) is 44.0 Å². The fourth-order valence-electron chi connectivity index (χ4n) is 3.13. The number of hydrogen-bond acceptors (Lipinski definition) is 7. The van der Waals surface area contributed by atoms with Gasteiger partial charge in [-0.25, -0.2) is 9.97 Å². The summed E-state index contributed by atoms with van der Waals surface area (Å²) in [5, 5.41) is 18.0. The first-order valence-corrected chi connectivity index (χ1v) is 9.39. The molecule has 0 spiro atoms. The van der Waals surface area contributed by atoms with Crippen molar-refractivity contribution >= 4 is 29.8 Å². The number of fused-ring (bicyclic) bond motifs is 1. The van der Waals surface area contributed by atoms with E-state index in [1.54, 1.807) is 6.07 Å². The molecule has 4 rings (SSSR count). The molecule has 0 aromatic carbocycles. The van der Waals surface area contributed by atoms with Crippen molar-refractivity contribution in [3.8, 4) is 17.3 Å². The van der Waals surface area contributed by atoms with Gasteiger partial charge in [0, 0.05) is 31.0 Å². The van der Waals surface area contributed by atoms with Crippen LogP contribution in [0.4, 0.5) is 5.82 Å². The number of amides is 1. The second-order valence-corrected chi connectivity index (χ2v) is 8.49. The molecule has 30 heavy (non-hydrogen) atoms. The molecular weight excluding hydrogens is 410 g/mol. The van der Waals surface area contributed by atoms with Crippen LogP contribution in [0.5, 0.6) is 5.88 Å². The van der Waals surface area contributed by atoms with Crippen LogP contribution in [0, 0.1) is 5.41 Å². The Kier molecular flexibility index (Phi) is 5.46. The van der Waals surface area contributed by atoms with E-state index >= 15 is 0 Å². The predicted octanol–water partition coefficient (Wildman–Crippen LogP) is 1.60. The largest absolute Gasteiger partial charge is 0.494 e. The van der Waals surface area contributed by atoms with Crippen molar-refractivity contribution < 1.29 is 9.90 Å². The summed E-state index contributed by atoms with van der Waals surface area (Å²) in [6.45, 7) is 6.32. The summed E-state index contributed by atoms with van der Waals surface area (Å²) in [5.41, 5.74) is 5.62. The number of carbonyl (C=O) groups is 1. The second kappa shape index (κ2) is 7.60. The van der Waals surface area contributed by atoms with E-state index in [9.17, 15) is 14.7 Å². The summed E-state index contributed by atoms with van der Waals surface area (Å²) in [5.74, 6) is -0.814. The summed E-state index contributed by atoms with van der Waals surface area (Å²) in [7, 11) is 0. The number of nitrogen functional groups attached to an aromatic ring is 1. The number of aromatic hydroxyl groups is 1. The third-order valence-electron chi connectivity index (χ3n) is 4.59. The van der Waals surface area contributed by atoms with Crippen molar-refractivity contribution in [2.45, 2.75) is 46.2 Å². The summed E-state index contributed by atoms with van der Waals surface area (Å²) < 4.78 is 2.63. The molecule has 0 aliphatic heterocycles. The number of nitrogens with zero attached hydrogens (tertiary/aromatic N) is 5. The van der Waals surface area contributed by atoms with Gasteiger partial charge in [0.1, 0.15) is 17.0 Å². The third-order valence-corrected chi connectivity index (χ3v) is 4.59. The first-order valence-electron chi connectivity index (χ1n) is 9.39. The van der Waals surface area contributed by atoms with Gasteiger partial charge in [-0.2, -0.15) is 9.61 Å². The fourth-order valence-corrected chi connectivity index (χ4v) is 3.13. The number of nitrogens with one attached hydrogen (secondary N) is 1. The Balaban J connectivity index is 0.00000256. The molecule has 1 saturated carbocycles. The summed E-state index contributed by atoms with van der Waals surface area (Å²) in [6, 6.07) is 1.65. The van der Waals surface area contributed by atoms with Gasteiger partial charge in [-0.3, -0.25) is 14.2 Å².